The van der Waals surface area contributed by atoms with Gasteiger partial charge in [-0.25, -0.2) is 0 Å². The lowest BCUT2D eigenvalue weighted by molar-refractivity contribution is -0.117. The molecule has 17 heavy (non-hydrogen) atoms. The number of nitrogens with zero attached hydrogens (tertiary/aromatic N) is 1. The number of fused-ring (bicyclic) bond motifs is 1. The second kappa shape index (κ2) is 3.76. The first-order chi connectivity index (χ1) is 7.84. The summed E-state index contributed by atoms with van der Waals surface area (Å²) in [7, 11) is 0. The highest BCUT2D eigenvalue weighted by atomic mass is 16.2. The van der Waals surface area contributed by atoms with Crippen molar-refractivity contribution >= 4 is 17.3 Å². The molecule has 0 aromatic heterocycles. The lowest BCUT2D eigenvalue weighted by Crippen LogP contribution is -2.54. The van der Waals surface area contributed by atoms with E-state index in [9.17, 15) is 4.79 Å². The Balaban J connectivity index is 2.67. The van der Waals surface area contributed by atoms with E-state index in [0.717, 1.165) is 17.9 Å². The van der Waals surface area contributed by atoms with Gasteiger partial charge >= 0.3 is 0 Å². The maximum Gasteiger partial charge on any atom is 0.224 e. The van der Waals surface area contributed by atoms with Crippen molar-refractivity contribution in [2.75, 3.05) is 16.8 Å². The number of carbonyl (C=O) groups is 1. The normalized spacial score (nSPS) is 17.4. The molecule has 0 unspecified atom stereocenters. The molecule has 0 bridgehead atoms. The van der Waals surface area contributed by atoms with E-state index in [1.54, 1.807) is 6.92 Å². The molecule has 1 aliphatic heterocycles. The Labute approximate surface area is 103 Å². The third-order valence-corrected chi connectivity index (χ3v) is 3.56. The number of aryl methyl sites for hydroxylation is 1. The van der Waals surface area contributed by atoms with Crippen LogP contribution < -0.4 is 10.2 Å². The fraction of sp³-hybridized carbons (Fsp3) is 0.500. The summed E-state index contributed by atoms with van der Waals surface area (Å²) in [6, 6.07) is 4.15. The maximum atomic E-state index is 11.9. The predicted octanol–water partition coefficient (Wildman–Crippen LogP) is 2.86. The van der Waals surface area contributed by atoms with E-state index in [-0.39, 0.29) is 11.4 Å². The van der Waals surface area contributed by atoms with Crippen molar-refractivity contribution in [3.63, 3.8) is 0 Å². The topological polar surface area (TPSA) is 32.3 Å². The summed E-state index contributed by atoms with van der Waals surface area (Å²) in [5.74, 6) is 0.103. The van der Waals surface area contributed by atoms with Gasteiger partial charge in [0, 0.05) is 13.5 Å². The Hall–Kier alpha value is -1.51. The van der Waals surface area contributed by atoms with Crippen molar-refractivity contribution < 1.29 is 4.79 Å². The number of hydrogen-bond acceptors (Lipinski definition) is 2. The van der Waals surface area contributed by atoms with Gasteiger partial charge in [-0.2, -0.15) is 0 Å². The van der Waals surface area contributed by atoms with Crippen LogP contribution in [0.2, 0.25) is 0 Å². The number of benzene rings is 1. The summed E-state index contributed by atoms with van der Waals surface area (Å²) >= 11 is 0. The van der Waals surface area contributed by atoms with Gasteiger partial charge in [0.15, 0.2) is 0 Å². The molecule has 0 saturated carbocycles. The van der Waals surface area contributed by atoms with Gasteiger partial charge in [0.2, 0.25) is 5.91 Å². The smallest absolute Gasteiger partial charge is 0.224 e. The van der Waals surface area contributed by atoms with Crippen LogP contribution in [0.4, 0.5) is 11.4 Å². The molecule has 0 atom stereocenters. The minimum Gasteiger partial charge on any atom is -0.381 e. The molecule has 1 aromatic rings. The minimum atomic E-state index is -0.183. The first-order valence-corrected chi connectivity index (χ1v) is 5.99. The second-order valence-corrected chi connectivity index (χ2v) is 5.42. The van der Waals surface area contributed by atoms with Gasteiger partial charge in [0.1, 0.15) is 0 Å². The Bertz CT molecular complexity index is 477. The number of hydrogen-bond donors (Lipinski definition) is 1. The van der Waals surface area contributed by atoms with Crippen LogP contribution in [-0.4, -0.2) is 18.0 Å². The zero-order valence-electron chi connectivity index (χ0n) is 11.2. The van der Waals surface area contributed by atoms with Crippen LogP contribution in [0.25, 0.3) is 0 Å². The van der Waals surface area contributed by atoms with E-state index in [0.29, 0.717) is 0 Å². The van der Waals surface area contributed by atoms with E-state index < -0.39 is 0 Å². The predicted molar refractivity (Wildman–Crippen MR) is 71.6 cm³/mol. The average Bonchev–Trinajstić information content (AvgIpc) is 2.22. The summed E-state index contributed by atoms with van der Waals surface area (Å²) in [5.41, 5.74) is 4.31. The minimum absolute atomic E-state index is 0.103. The highest BCUT2D eigenvalue weighted by Crippen LogP contribution is 2.39. The first kappa shape index (κ1) is 12.0. The van der Waals surface area contributed by atoms with Gasteiger partial charge in [0.25, 0.3) is 0 Å². The number of carbonyl (C=O) groups excluding carboxylic acids is 1. The zero-order valence-corrected chi connectivity index (χ0v) is 11.2. The van der Waals surface area contributed by atoms with Crippen molar-refractivity contribution in [2.45, 2.75) is 40.2 Å². The quantitative estimate of drug-likeness (QED) is 0.746. The fourth-order valence-corrected chi connectivity index (χ4v) is 2.51. The molecule has 1 amide bonds. The van der Waals surface area contributed by atoms with Crippen LogP contribution in [0, 0.1) is 13.8 Å². The Morgan fingerprint density at radius 2 is 2.00 bits per heavy atom. The summed E-state index contributed by atoms with van der Waals surface area (Å²) in [5, 5.41) is 3.41. The monoisotopic (exact) mass is 232 g/mol. The molecule has 2 rings (SSSR count). The van der Waals surface area contributed by atoms with E-state index in [4.69, 9.17) is 0 Å². The maximum absolute atomic E-state index is 11.9. The molecule has 0 saturated heterocycles. The molecule has 1 heterocycles. The van der Waals surface area contributed by atoms with Gasteiger partial charge in [-0.05, 0) is 44.9 Å². The van der Waals surface area contributed by atoms with Crippen LogP contribution in [0.1, 0.15) is 31.9 Å². The average molecular weight is 232 g/mol. The van der Waals surface area contributed by atoms with Crippen molar-refractivity contribution in [3.8, 4) is 0 Å². The van der Waals surface area contributed by atoms with Crippen LogP contribution in [-0.2, 0) is 4.79 Å². The standard InChI is InChI=1S/C14H20N2O/c1-9-6-7-12-13(10(9)2)16(11(3)17)14(4,5)8-15-12/h6-7,15H,8H2,1-5H3. The van der Waals surface area contributed by atoms with Crippen molar-refractivity contribution in [1.82, 2.24) is 0 Å². The van der Waals surface area contributed by atoms with Crippen LogP contribution in [0.5, 0.6) is 0 Å². The number of rotatable bonds is 0. The van der Waals surface area contributed by atoms with Crippen LogP contribution in [0.15, 0.2) is 12.1 Å². The highest BCUT2D eigenvalue weighted by Gasteiger charge is 2.36. The molecule has 1 N–H and O–H groups in total. The highest BCUT2D eigenvalue weighted by molar-refractivity contribution is 5.99. The van der Waals surface area contributed by atoms with Crippen LogP contribution in [0.3, 0.4) is 0 Å². The van der Waals surface area contributed by atoms with E-state index >= 15 is 0 Å². The Morgan fingerprint density at radius 1 is 1.35 bits per heavy atom. The zero-order chi connectivity index (χ0) is 12.8. The van der Waals surface area contributed by atoms with E-state index in [1.165, 1.54) is 11.1 Å². The van der Waals surface area contributed by atoms with Gasteiger partial charge in [0.05, 0.1) is 16.9 Å². The third-order valence-electron chi connectivity index (χ3n) is 3.56. The molecule has 0 fully saturated rings. The summed E-state index contributed by atoms with van der Waals surface area (Å²) in [6.07, 6.45) is 0. The van der Waals surface area contributed by atoms with Crippen molar-refractivity contribution in [2.24, 2.45) is 0 Å². The summed E-state index contributed by atoms with van der Waals surface area (Å²) in [4.78, 5) is 13.9. The summed E-state index contributed by atoms with van der Waals surface area (Å²) < 4.78 is 0. The molecule has 1 aliphatic rings. The Kier molecular flexibility index (Phi) is 2.64. The van der Waals surface area contributed by atoms with Gasteiger partial charge in [-0.3, -0.25) is 4.79 Å². The largest absolute Gasteiger partial charge is 0.381 e. The molecular formula is C14H20N2O. The van der Waals surface area contributed by atoms with E-state index in [2.05, 4.69) is 45.1 Å². The second-order valence-electron chi connectivity index (χ2n) is 5.42. The number of anilines is 2. The van der Waals surface area contributed by atoms with Crippen molar-refractivity contribution in [1.29, 1.82) is 0 Å². The van der Waals surface area contributed by atoms with Gasteiger partial charge in [-0.15, -0.1) is 0 Å². The SMILES string of the molecule is CC(=O)N1c2c(ccc(C)c2C)NCC1(C)C. The molecular weight excluding hydrogens is 212 g/mol. The molecule has 0 radical (unpaired) electrons. The lowest BCUT2D eigenvalue weighted by atomic mass is 9.94. The fourth-order valence-electron chi connectivity index (χ4n) is 2.51. The molecule has 3 heteroatoms. The Morgan fingerprint density at radius 3 is 2.59 bits per heavy atom. The summed E-state index contributed by atoms with van der Waals surface area (Å²) in [6.45, 7) is 10.8. The van der Waals surface area contributed by atoms with Gasteiger partial charge < -0.3 is 10.2 Å². The molecule has 1 aromatic carbocycles. The van der Waals surface area contributed by atoms with E-state index in [1.807, 2.05) is 4.90 Å². The molecule has 92 valence electrons. The number of amides is 1. The first-order valence-electron chi connectivity index (χ1n) is 5.99. The van der Waals surface area contributed by atoms with Crippen molar-refractivity contribution in [3.05, 3.63) is 23.3 Å². The molecule has 0 spiro atoms. The molecule has 0 aliphatic carbocycles. The number of nitrogens with one attached hydrogen (secondary N) is 1. The van der Waals surface area contributed by atoms with Crippen LogP contribution >= 0.6 is 0 Å². The van der Waals surface area contributed by atoms with Gasteiger partial charge in [-0.1, -0.05) is 6.07 Å². The third kappa shape index (κ3) is 1.79. The molecule has 3 nitrogen and oxygen atoms in total. The lowest BCUT2D eigenvalue weighted by Gasteiger charge is -2.44.